The number of hydrogen-bond donors (Lipinski definition) is 1. The lowest BCUT2D eigenvalue weighted by molar-refractivity contribution is -0.115. The number of amides is 1. The molecule has 1 fully saturated rings. The van der Waals surface area contributed by atoms with Crippen molar-refractivity contribution in [3.8, 4) is 11.4 Å². The first-order valence-corrected chi connectivity index (χ1v) is 7.05. The zero-order chi connectivity index (χ0) is 13.9. The monoisotopic (exact) mass is 291 g/mol. The lowest BCUT2D eigenvalue weighted by atomic mass is 10.2. The van der Waals surface area contributed by atoms with Gasteiger partial charge < -0.3 is 5.32 Å². The van der Waals surface area contributed by atoms with Gasteiger partial charge in [0.2, 0.25) is 5.91 Å². The molecule has 0 radical (unpaired) electrons. The number of hydrogen-bond acceptors (Lipinski definition) is 4. The van der Waals surface area contributed by atoms with Crippen LogP contribution in [-0.2, 0) is 4.79 Å². The molecule has 1 aliphatic rings. The number of carbonyl (C=O) groups excluding carboxylic acids is 1. The molecule has 3 rings (SSSR count). The molecule has 0 saturated heterocycles. The van der Waals surface area contributed by atoms with Crippen molar-refractivity contribution in [1.82, 2.24) is 20.2 Å². The second kappa shape index (κ2) is 5.58. The average molecular weight is 292 g/mol. The van der Waals surface area contributed by atoms with Gasteiger partial charge in [-0.3, -0.25) is 4.79 Å². The van der Waals surface area contributed by atoms with Crippen LogP contribution in [0.2, 0.25) is 0 Å². The van der Waals surface area contributed by atoms with E-state index in [0.29, 0.717) is 18.3 Å². The molecular weight excluding hydrogens is 278 g/mol. The van der Waals surface area contributed by atoms with E-state index in [4.69, 9.17) is 11.6 Å². The molecule has 0 spiro atoms. The molecule has 20 heavy (non-hydrogen) atoms. The number of alkyl halides is 1. The number of anilines is 1. The zero-order valence-corrected chi connectivity index (χ0v) is 11.5. The Morgan fingerprint density at radius 2 is 2.10 bits per heavy atom. The van der Waals surface area contributed by atoms with Crippen LogP contribution in [0.4, 0.5) is 5.69 Å². The van der Waals surface area contributed by atoms with Crippen LogP contribution in [0, 0.1) is 0 Å². The van der Waals surface area contributed by atoms with Gasteiger partial charge in [-0.1, -0.05) is 0 Å². The summed E-state index contributed by atoms with van der Waals surface area (Å²) in [6.07, 6.45) is 2.57. The van der Waals surface area contributed by atoms with Crippen LogP contribution in [-0.4, -0.2) is 32.0 Å². The first-order chi connectivity index (χ1) is 9.78. The molecule has 104 valence electrons. The van der Waals surface area contributed by atoms with Crippen molar-refractivity contribution in [2.75, 3.05) is 11.2 Å². The first-order valence-electron chi connectivity index (χ1n) is 6.52. The summed E-state index contributed by atoms with van der Waals surface area (Å²) < 4.78 is 1.86. The Morgan fingerprint density at radius 3 is 2.75 bits per heavy atom. The second-order valence-corrected chi connectivity index (χ2v) is 5.12. The van der Waals surface area contributed by atoms with E-state index in [9.17, 15) is 4.79 Å². The van der Waals surface area contributed by atoms with Crippen molar-refractivity contribution < 1.29 is 4.79 Å². The van der Waals surface area contributed by atoms with Crippen LogP contribution in [0.5, 0.6) is 0 Å². The van der Waals surface area contributed by atoms with Gasteiger partial charge in [0.1, 0.15) is 0 Å². The molecule has 1 N–H and O–H groups in total. The van der Waals surface area contributed by atoms with Crippen molar-refractivity contribution in [1.29, 1.82) is 0 Å². The molecule has 1 amide bonds. The average Bonchev–Trinajstić information content (AvgIpc) is 3.18. The van der Waals surface area contributed by atoms with E-state index < -0.39 is 0 Å². The summed E-state index contributed by atoms with van der Waals surface area (Å²) in [5.74, 6) is 1.00. The van der Waals surface area contributed by atoms with E-state index >= 15 is 0 Å². The minimum atomic E-state index is -0.0874. The van der Waals surface area contributed by atoms with E-state index in [1.165, 1.54) is 0 Å². The summed E-state index contributed by atoms with van der Waals surface area (Å²) in [5.41, 5.74) is 1.69. The summed E-state index contributed by atoms with van der Waals surface area (Å²) in [6, 6.07) is 7.92. The third-order valence-electron chi connectivity index (χ3n) is 3.13. The van der Waals surface area contributed by atoms with Crippen LogP contribution >= 0.6 is 11.6 Å². The molecule has 1 heterocycles. The third-order valence-corrected chi connectivity index (χ3v) is 3.32. The van der Waals surface area contributed by atoms with Crippen LogP contribution in [0.15, 0.2) is 24.3 Å². The predicted octanol–water partition coefficient (Wildman–Crippen LogP) is 2.24. The Bertz CT molecular complexity index is 605. The molecule has 0 atom stereocenters. The normalized spacial score (nSPS) is 14.2. The number of nitrogens with one attached hydrogen (secondary N) is 1. The minimum absolute atomic E-state index is 0.0874. The van der Waals surface area contributed by atoms with Gasteiger partial charge in [0, 0.05) is 23.6 Å². The SMILES string of the molecule is O=C(CCCl)Nc1ccc(-c2nnnn2C2CC2)cc1. The highest BCUT2D eigenvalue weighted by atomic mass is 35.5. The summed E-state index contributed by atoms with van der Waals surface area (Å²) in [6.45, 7) is 0. The van der Waals surface area contributed by atoms with Crippen molar-refractivity contribution in [3.63, 3.8) is 0 Å². The maximum absolute atomic E-state index is 11.4. The van der Waals surface area contributed by atoms with E-state index in [0.717, 1.165) is 29.9 Å². The van der Waals surface area contributed by atoms with Gasteiger partial charge in [-0.15, -0.1) is 16.7 Å². The number of carbonyl (C=O) groups is 1. The lowest BCUT2D eigenvalue weighted by Crippen LogP contribution is -2.11. The minimum Gasteiger partial charge on any atom is -0.326 e. The Morgan fingerprint density at radius 1 is 1.35 bits per heavy atom. The van der Waals surface area contributed by atoms with Gasteiger partial charge in [0.05, 0.1) is 6.04 Å². The van der Waals surface area contributed by atoms with Gasteiger partial charge in [-0.25, -0.2) is 4.68 Å². The Labute approximate surface area is 121 Å². The molecular formula is C13H14ClN5O. The molecule has 0 bridgehead atoms. The Kier molecular flexibility index (Phi) is 3.64. The fraction of sp³-hybridized carbons (Fsp3) is 0.385. The van der Waals surface area contributed by atoms with Gasteiger partial charge in [-0.2, -0.15) is 0 Å². The molecule has 1 aliphatic carbocycles. The number of benzene rings is 1. The zero-order valence-electron chi connectivity index (χ0n) is 10.8. The summed E-state index contributed by atoms with van der Waals surface area (Å²) >= 11 is 5.52. The van der Waals surface area contributed by atoms with E-state index in [1.54, 1.807) is 0 Å². The van der Waals surface area contributed by atoms with Crippen LogP contribution < -0.4 is 5.32 Å². The highest BCUT2D eigenvalue weighted by Crippen LogP contribution is 2.36. The topological polar surface area (TPSA) is 72.7 Å². The van der Waals surface area contributed by atoms with E-state index in [1.807, 2.05) is 28.9 Å². The molecule has 1 saturated carbocycles. The smallest absolute Gasteiger partial charge is 0.225 e. The molecule has 1 aromatic heterocycles. The number of halogens is 1. The fourth-order valence-corrected chi connectivity index (χ4v) is 2.13. The quantitative estimate of drug-likeness (QED) is 0.858. The largest absolute Gasteiger partial charge is 0.326 e. The molecule has 2 aromatic rings. The second-order valence-electron chi connectivity index (χ2n) is 4.74. The maximum Gasteiger partial charge on any atom is 0.225 e. The lowest BCUT2D eigenvalue weighted by Gasteiger charge is -2.06. The first kappa shape index (κ1) is 13.1. The van der Waals surface area contributed by atoms with Crippen LogP contribution in [0.25, 0.3) is 11.4 Å². The van der Waals surface area contributed by atoms with Crippen molar-refractivity contribution in [3.05, 3.63) is 24.3 Å². The number of aromatic nitrogens is 4. The highest BCUT2D eigenvalue weighted by molar-refractivity contribution is 6.19. The van der Waals surface area contributed by atoms with E-state index in [2.05, 4.69) is 20.8 Å². The maximum atomic E-state index is 11.4. The fourth-order valence-electron chi connectivity index (χ4n) is 1.96. The van der Waals surface area contributed by atoms with Crippen molar-refractivity contribution >= 4 is 23.2 Å². The highest BCUT2D eigenvalue weighted by Gasteiger charge is 2.28. The van der Waals surface area contributed by atoms with Gasteiger partial charge >= 0.3 is 0 Å². The molecule has 0 aliphatic heterocycles. The van der Waals surface area contributed by atoms with Gasteiger partial charge in [0.25, 0.3) is 0 Å². The van der Waals surface area contributed by atoms with E-state index in [-0.39, 0.29) is 5.91 Å². The van der Waals surface area contributed by atoms with Crippen LogP contribution in [0.3, 0.4) is 0 Å². The molecule has 7 heteroatoms. The Hall–Kier alpha value is -1.95. The van der Waals surface area contributed by atoms with Gasteiger partial charge in [0.15, 0.2) is 5.82 Å². The summed E-state index contributed by atoms with van der Waals surface area (Å²) in [4.78, 5) is 11.4. The number of nitrogens with zero attached hydrogens (tertiary/aromatic N) is 4. The number of tetrazole rings is 1. The predicted molar refractivity (Wildman–Crippen MR) is 75.5 cm³/mol. The van der Waals surface area contributed by atoms with Crippen molar-refractivity contribution in [2.24, 2.45) is 0 Å². The third kappa shape index (κ3) is 2.80. The molecule has 6 nitrogen and oxygen atoms in total. The van der Waals surface area contributed by atoms with Gasteiger partial charge in [-0.05, 0) is 47.5 Å². The van der Waals surface area contributed by atoms with Crippen LogP contribution in [0.1, 0.15) is 25.3 Å². The van der Waals surface area contributed by atoms with Crippen molar-refractivity contribution in [2.45, 2.75) is 25.3 Å². The summed E-state index contributed by atoms with van der Waals surface area (Å²) in [5, 5.41) is 14.6. The standard InChI is InChI=1S/C13H14ClN5O/c14-8-7-12(20)15-10-3-1-9(2-4-10)13-16-17-18-19(13)11-5-6-11/h1-4,11H,5-8H2,(H,15,20). The number of rotatable bonds is 5. The summed E-state index contributed by atoms with van der Waals surface area (Å²) in [7, 11) is 0. The Balaban J connectivity index is 1.75. The molecule has 1 aromatic carbocycles. The molecule has 0 unspecified atom stereocenters.